The molecule has 2 aromatic rings. The first-order valence-corrected chi connectivity index (χ1v) is 8.62. The van der Waals surface area contributed by atoms with Crippen LogP contribution >= 0.6 is 0 Å². The highest BCUT2D eigenvalue weighted by Gasteiger charge is 2.36. The lowest BCUT2D eigenvalue weighted by atomic mass is 10.1. The van der Waals surface area contributed by atoms with Gasteiger partial charge in [-0.15, -0.1) is 5.10 Å². The smallest absolute Gasteiger partial charge is 0.276 e. The molecular formula is C18H22N4O2. The summed E-state index contributed by atoms with van der Waals surface area (Å²) >= 11 is 0. The van der Waals surface area contributed by atoms with Crippen LogP contribution < -0.4 is 0 Å². The first kappa shape index (κ1) is 15.3. The van der Waals surface area contributed by atoms with E-state index in [2.05, 4.69) is 10.3 Å². The average molecular weight is 326 g/mol. The normalized spacial score (nSPS) is 20.2. The molecule has 1 aromatic heterocycles. The van der Waals surface area contributed by atoms with Gasteiger partial charge in [0, 0.05) is 25.1 Å². The molecule has 0 spiro atoms. The number of nitrogens with zero attached hydrogens (tertiary/aromatic N) is 4. The molecule has 1 saturated heterocycles. The maximum atomic E-state index is 12.8. The molecule has 1 aliphatic carbocycles. The number of hydrogen-bond donors (Lipinski definition) is 0. The lowest BCUT2D eigenvalue weighted by molar-refractivity contribution is 0.0700. The molecule has 6 nitrogen and oxygen atoms in total. The summed E-state index contributed by atoms with van der Waals surface area (Å²) in [6.07, 6.45) is 4.99. The van der Waals surface area contributed by atoms with E-state index in [1.165, 1.54) is 0 Å². The first-order valence-electron chi connectivity index (χ1n) is 8.62. The molecule has 4 rings (SSSR count). The van der Waals surface area contributed by atoms with E-state index in [9.17, 15) is 4.79 Å². The topological polar surface area (TPSA) is 60.2 Å². The Balaban J connectivity index is 1.44. The number of ether oxygens (including phenoxy) is 1. The minimum absolute atomic E-state index is 0.00344. The Morgan fingerprint density at radius 2 is 2.08 bits per heavy atom. The van der Waals surface area contributed by atoms with Crippen LogP contribution in [0.1, 0.15) is 35.3 Å². The molecule has 0 N–H and O–H groups in total. The summed E-state index contributed by atoms with van der Waals surface area (Å²) in [5.41, 5.74) is 1.58. The highest BCUT2D eigenvalue weighted by atomic mass is 16.5. The number of rotatable bonds is 6. The Morgan fingerprint density at radius 3 is 2.79 bits per heavy atom. The van der Waals surface area contributed by atoms with Gasteiger partial charge in [0.25, 0.3) is 5.91 Å². The van der Waals surface area contributed by atoms with Gasteiger partial charge in [0.2, 0.25) is 0 Å². The maximum absolute atomic E-state index is 12.8. The number of carbonyl (C=O) groups is 1. The predicted molar refractivity (Wildman–Crippen MR) is 88.6 cm³/mol. The Hall–Kier alpha value is -2.21. The van der Waals surface area contributed by atoms with Crippen LogP contribution in [0.25, 0.3) is 0 Å². The lowest BCUT2D eigenvalue weighted by Gasteiger charge is -2.24. The van der Waals surface area contributed by atoms with Crippen LogP contribution in [0.2, 0.25) is 0 Å². The standard InChI is InChI=1S/C18H22N4O2/c23-18(22(16-6-7-16)11-15-8-9-24-13-15)17-12-21(20-19-17)10-14-4-2-1-3-5-14/h1-5,12,15-16H,6-11,13H2. The van der Waals surface area contributed by atoms with Crippen LogP contribution in [-0.4, -0.2) is 51.6 Å². The number of aromatic nitrogens is 3. The molecule has 0 radical (unpaired) electrons. The summed E-state index contributed by atoms with van der Waals surface area (Å²) in [4.78, 5) is 14.8. The molecule has 1 aliphatic heterocycles. The van der Waals surface area contributed by atoms with Gasteiger partial charge in [-0.1, -0.05) is 35.5 Å². The van der Waals surface area contributed by atoms with Crippen molar-refractivity contribution in [2.75, 3.05) is 19.8 Å². The maximum Gasteiger partial charge on any atom is 0.276 e. The van der Waals surface area contributed by atoms with Crippen LogP contribution in [0, 0.1) is 5.92 Å². The van der Waals surface area contributed by atoms with Crippen LogP contribution in [0.4, 0.5) is 0 Å². The number of carbonyl (C=O) groups excluding carboxylic acids is 1. The zero-order valence-corrected chi connectivity index (χ0v) is 13.7. The molecule has 2 heterocycles. The van der Waals surface area contributed by atoms with E-state index in [0.29, 0.717) is 24.2 Å². The van der Waals surface area contributed by atoms with Gasteiger partial charge >= 0.3 is 0 Å². The highest BCUT2D eigenvalue weighted by Crippen LogP contribution is 2.30. The van der Waals surface area contributed by atoms with Crippen LogP contribution in [0.3, 0.4) is 0 Å². The Kier molecular flexibility index (Phi) is 4.30. The second-order valence-electron chi connectivity index (χ2n) is 6.71. The van der Waals surface area contributed by atoms with E-state index in [-0.39, 0.29) is 5.91 Å². The fourth-order valence-electron chi connectivity index (χ4n) is 3.18. The first-order chi connectivity index (χ1) is 11.8. The van der Waals surface area contributed by atoms with Gasteiger partial charge in [0.1, 0.15) is 0 Å². The summed E-state index contributed by atoms with van der Waals surface area (Å²) in [5, 5.41) is 8.23. The summed E-state index contributed by atoms with van der Waals surface area (Å²) in [5.74, 6) is 0.456. The van der Waals surface area contributed by atoms with Crippen molar-refractivity contribution in [2.45, 2.75) is 31.8 Å². The summed E-state index contributed by atoms with van der Waals surface area (Å²) in [6.45, 7) is 2.97. The Labute approximate surface area is 141 Å². The second-order valence-corrected chi connectivity index (χ2v) is 6.71. The van der Waals surface area contributed by atoms with Crippen molar-refractivity contribution in [1.29, 1.82) is 0 Å². The molecule has 2 fully saturated rings. The van der Waals surface area contributed by atoms with E-state index in [0.717, 1.165) is 44.6 Å². The van der Waals surface area contributed by atoms with Crippen LogP contribution in [0.15, 0.2) is 36.5 Å². The van der Waals surface area contributed by atoms with Crippen molar-refractivity contribution < 1.29 is 9.53 Å². The second kappa shape index (κ2) is 6.73. The zero-order chi connectivity index (χ0) is 16.4. The van der Waals surface area contributed by atoms with E-state index >= 15 is 0 Å². The number of amides is 1. The molecule has 1 saturated carbocycles. The van der Waals surface area contributed by atoms with Crippen molar-refractivity contribution in [2.24, 2.45) is 5.92 Å². The van der Waals surface area contributed by atoms with Crippen molar-refractivity contribution in [3.8, 4) is 0 Å². The fraction of sp³-hybridized carbons (Fsp3) is 0.500. The number of hydrogen-bond acceptors (Lipinski definition) is 4. The van der Waals surface area contributed by atoms with E-state index < -0.39 is 0 Å². The molecule has 126 valence electrons. The fourth-order valence-corrected chi connectivity index (χ4v) is 3.18. The molecule has 24 heavy (non-hydrogen) atoms. The molecule has 1 aromatic carbocycles. The van der Waals surface area contributed by atoms with Gasteiger partial charge in [-0.2, -0.15) is 0 Å². The monoisotopic (exact) mass is 326 g/mol. The highest BCUT2D eigenvalue weighted by molar-refractivity contribution is 5.92. The third-order valence-electron chi connectivity index (χ3n) is 4.67. The molecule has 2 aliphatic rings. The third-order valence-corrected chi connectivity index (χ3v) is 4.67. The van der Waals surface area contributed by atoms with Crippen molar-refractivity contribution in [1.82, 2.24) is 19.9 Å². The minimum atomic E-state index is 0.00344. The van der Waals surface area contributed by atoms with Crippen molar-refractivity contribution in [3.63, 3.8) is 0 Å². The van der Waals surface area contributed by atoms with E-state index in [4.69, 9.17) is 4.74 Å². The van der Waals surface area contributed by atoms with Gasteiger partial charge in [0.05, 0.1) is 19.3 Å². The van der Waals surface area contributed by atoms with Gasteiger partial charge in [-0.25, -0.2) is 4.68 Å². The van der Waals surface area contributed by atoms with Gasteiger partial charge < -0.3 is 9.64 Å². The molecule has 6 heteroatoms. The molecular weight excluding hydrogens is 304 g/mol. The van der Waals surface area contributed by atoms with Gasteiger partial charge in [-0.05, 0) is 24.8 Å². The third kappa shape index (κ3) is 3.48. The quantitative estimate of drug-likeness (QED) is 0.814. The van der Waals surface area contributed by atoms with Crippen molar-refractivity contribution in [3.05, 3.63) is 47.8 Å². The molecule has 1 amide bonds. The summed E-state index contributed by atoms with van der Waals surface area (Å²) in [7, 11) is 0. The SMILES string of the molecule is O=C(c1cn(Cc2ccccc2)nn1)N(CC1CCOC1)C1CC1. The average Bonchev–Trinajstić information content (AvgIpc) is 3.11. The lowest BCUT2D eigenvalue weighted by Crippen LogP contribution is -2.37. The Morgan fingerprint density at radius 1 is 1.25 bits per heavy atom. The minimum Gasteiger partial charge on any atom is -0.381 e. The predicted octanol–water partition coefficient (Wildman–Crippen LogP) is 1.97. The van der Waals surface area contributed by atoms with E-state index in [1.807, 2.05) is 35.2 Å². The van der Waals surface area contributed by atoms with Crippen LogP contribution in [-0.2, 0) is 11.3 Å². The van der Waals surface area contributed by atoms with Crippen LogP contribution in [0.5, 0.6) is 0 Å². The molecule has 1 unspecified atom stereocenters. The molecule has 0 bridgehead atoms. The van der Waals surface area contributed by atoms with Gasteiger partial charge in [-0.3, -0.25) is 4.79 Å². The molecule has 1 atom stereocenters. The summed E-state index contributed by atoms with van der Waals surface area (Å²) in [6, 6.07) is 10.4. The summed E-state index contributed by atoms with van der Waals surface area (Å²) < 4.78 is 7.17. The van der Waals surface area contributed by atoms with Gasteiger partial charge in [0.15, 0.2) is 5.69 Å². The largest absolute Gasteiger partial charge is 0.381 e. The Bertz CT molecular complexity index is 690. The number of benzene rings is 1. The van der Waals surface area contributed by atoms with E-state index in [1.54, 1.807) is 10.9 Å². The van der Waals surface area contributed by atoms with Crippen molar-refractivity contribution >= 4 is 5.91 Å². The zero-order valence-electron chi connectivity index (χ0n) is 13.7.